The fourth-order valence-corrected chi connectivity index (χ4v) is 2.07. The van der Waals surface area contributed by atoms with Crippen molar-refractivity contribution in [3.63, 3.8) is 0 Å². The lowest BCUT2D eigenvalue weighted by atomic mass is 9.94. The van der Waals surface area contributed by atoms with E-state index >= 15 is 0 Å². The first-order valence-electron chi connectivity index (χ1n) is 5.11. The largest absolute Gasteiger partial charge is 0.469 e. The summed E-state index contributed by atoms with van der Waals surface area (Å²) in [5, 5.41) is 3.31. The highest BCUT2D eigenvalue weighted by molar-refractivity contribution is 5.73. The smallest absolute Gasteiger partial charge is 0.310 e. The number of carbonyl (C=O) groups is 1. The van der Waals surface area contributed by atoms with Gasteiger partial charge in [0.25, 0.3) is 0 Å². The van der Waals surface area contributed by atoms with Crippen molar-refractivity contribution in [1.29, 1.82) is 0 Å². The standard InChI is InChI=1S/C10H20N2O2/c1-12(2)9-5-7-11-6-4-8(9)10(13)14-3/h8-9,11H,4-7H2,1-3H3. The number of esters is 1. The Morgan fingerprint density at radius 3 is 2.57 bits per heavy atom. The van der Waals surface area contributed by atoms with Crippen LogP contribution in [0.2, 0.25) is 0 Å². The minimum Gasteiger partial charge on any atom is -0.469 e. The molecule has 0 aromatic carbocycles. The Hall–Kier alpha value is -0.610. The van der Waals surface area contributed by atoms with E-state index in [-0.39, 0.29) is 11.9 Å². The molecule has 1 N–H and O–H groups in total. The molecule has 1 aliphatic heterocycles. The van der Waals surface area contributed by atoms with Gasteiger partial charge in [-0.1, -0.05) is 0 Å². The van der Waals surface area contributed by atoms with Gasteiger partial charge >= 0.3 is 5.97 Å². The molecule has 2 unspecified atom stereocenters. The Balaban J connectivity index is 2.68. The van der Waals surface area contributed by atoms with E-state index in [1.807, 2.05) is 14.1 Å². The lowest BCUT2D eigenvalue weighted by Crippen LogP contribution is -2.39. The van der Waals surface area contributed by atoms with Gasteiger partial charge in [0, 0.05) is 6.04 Å². The van der Waals surface area contributed by atoms with Crippen molar-refractivity contribution in [2.75, 3.05) is 34.3 Å². The zero-order valence-corrected chi connectivity index (χ0v) is 9.25. The van der Waals surface area contributed by atoms with E-state index in [0.29, 0.717) is 6.04 Å². The third kappa shape index (κ3) is 2.69. The minimum atomic E-state index is -0.0765. The van der Waals surface area contributed by atoms with Crippen LogP contribution in [0.1, 0.15) is 12.8 Å². The average molecular weight is 200 g/mol. The van der Waals surface area contributed by atoms with E-state index in [4.69, 9.17) is 4.74 Å². The highest BCUT2D eigenvalue weighted by atomic mass is 16.5. The molecule has 0 spiro atoms. The lowest BCUT2D eigenvalue weighted by Gasteiger charge is -2.28. The van der Waals surface area contributed by atoms with Gasteiger partial charge in [0.15, 0.2) is 0 Å². The van der Waals surface area contributed by atoms with Crippen LogP contribution in [0.25, 0.3) is 0 Å². The molecule has 0 aliphatic carbocycles. The average Bonchev–Trinajstić information content (AvgIpc) is 2.41. The van der Waals surface area contributed by atoms with E-state index in [0.717, 1.165) is 25.9 Å². The maximum Gasteiger partial charge on any atom is 0.310 e. The van der Waals surface area contributed by atoms with Gasteiger partial charge in [-0.25, -0.2) is 0 Å². The van der Waals surface area contributed by atoms with Gasteiger partial charge in [0.1, 0.15) is 0 Å². The number of ether oxygens (including phenoxy) is 1. The van der Waals surface area contributed by atoms with E-state index in [9.17, 15) is 4.79 Å². The molecule has 82 valence electrons. The van der Waals surface area contributed by atoms with Gasteiger partial charge in [0.2, 0.25) is 0 Å². The molecule has 0 aromatic rings. The highest BCUT2D eigenvalue weighted by Crippen LogP contribution is 2.19. The van der Waals surface area contributed by atoms with Gasteiger partial charge < -0.3 is 15.0 Å². The molecule has 2 atom stereocenters. The number of rotatable bonds is 2. The van der Waals surface area contributed by atoms with E-state index in [1.54, 1.807) is 0 Å². The Morgan fingerprint density at radius 2 is 2.00 bits per heavy atom. The number of nitrogens with one attached hydrogen (secondary N) is 1. The molecule has 0 saturated carbocycles. The van der Waals surface area contributed by atoms with E-state index in [2.05, 4.69) is 10.2 Å². The lowest BCUT2D eigenvalue weighted by molar-refractivity contribution is -0.147. The van der Waals surface area contributed by atoms with Crippen molar-refractivity contribution in [3.05, 3.63) is 0 Å². The van der Waals surface area contributed by atoms with Gasteiger partial charge in [-0.3, -0.25) is 4.79 Å². The molecule has 14 heavy (non-hydrogen) atoms. The molecular formula is C10H20N2O2. The van der Waals surface area contributed by atoms with Crippen LogP contribution >= 0.6 is 0 Å². The first-order valence-corrected chi connectivity index (χ1v) is 5.11. The molecule has 1 heterocycles. The number of methoxy groups -OCH3 is 1. The molecule has 1 fully saturated rings. The monoisotopic (exact) mass is 200 g/mol. The third-order valence-electron chi connectivity index (χ3n) is 2.88. The van der Waals surface area contributed by atoms with Crippen molar-refractivity contribution < 1.29 is 9.53 Å². The molecule has 4 heteroatoms. The second-order valence-electron chi connectivity index (χ2n) is 3.99. The van der Waals surface area contributed by atoms with Crippen LogP contribution in [-0.4, -0.2) is 51.2 Å². The number of nitrogens with zero attached hydrogens (tertiary/aromatic N) is 1. The second-order valence-corrected chi connectivity index (χ2v) is 3.99. The fourth-order valence-electron chi connectivity index (χ4n) is 2.07. The summed E-state index contributed by atoms with van der Waals surface area (Å²) in [6.07, 6.45) is 1.88. The van der Waals surface area contributed by atoms with Gasteiger partial charge in [-0.2, -0.15) is 0 Å². The summed E-state index contributed by atoms with van der Waals surface area (Å²) < 4.78 is 4.83. The first-order chi connectivity index (χ1) is 6.66. The molecule has 0 amide bonds. The van der Waals surface area contributed by atoms with E-state index < -0.39 is 0 Å². The topological polar surface area (TPSA) is 41.6 Å². The van der Waals surface area contributed by atoms with Crippen molar-refractivity contribution >= 4 is 5.97 Å². The van der Waals surface area contributed by atoms with Crippen molar-refractivity contribution in [3.8, 4) is 0 Å². The maximum absolute atomic E-state index is 11.6. The number of carbonyl (C=O) groups excluding carboxylic acids is 1. The van der Waals surface area contributed by atoms with Gasteiger partial charge in [-0.15, -0.1) is 0 Å². The van der Waals surface area contributed by atoms with Crippen molar-refractivity contribution in [2.24, 2.45) is 5.92 Å². The quantitative estimate of drug-likeness (QED) is 0.641. The zero-order valence-electron chi connectivity index (χ0n) is 9.25. The summed E-state index contributed by atoms with van der Waals surface area (Å²) in [6.45, 7) is 1.89. The SMILES string of the molecule is COC(=O)C1CCNCCC1N(C)C. The fraction of sp³-hybridized carbons (Fsp3) is 0.900. The Kier molecular flexibility index (Phi) is 4.35. The Morgan fingerprint density at radius 1 is 1.36 bits per heavy atom. The molecule has 4 nitrogen and oxygen atoms in total. The second kappa shape index (κ2) is 5.32. The highest BCUT2D eigenvalue weighted by Gasteiger charge is 2.31. The predicted molar refractivity (Wildman–Crippen MR) is 55.1 cm³/mol. The zero-order chi connectivity index (χ0) is 10.6. The molecule has 0 bridgehead atoms. The normalized spacial score (nSPS) is 28.6. The van der Waals surface area contributed by atoms with Crippen LogP contribution in [0.3, 0.4) is 0 Å². The minimum absolute atomic E-state index is 0.0185. The van der Waals surface area contributed by atoms with Crippen LogP contribution in [0.4, 0.5) is 0 Å². The summed E-state index contributed by atoms with van der Waals surface area (Å²) in [6, 6.07) is 0.303. The van der Waals surface area contributed by atoms with Crippen LogP contribution in [0, 0.1) is 5.92 Å². The molecule has 1 saturated heterocycles. The summed E-state index contributed by atoms with van der Waals surface area (Å²) in [5.41, 5.74) is 0. The van der Waals surface area contributed by atoms with E-state index in [1.165, 1.54) is 7.11 Å². The number of hydrogen-bond donors (Lipinski definition) is 1. The molecular weight excluding hydrogens is 180 g/mol. The number of hydrogen-bond acceptors (Lipinski definition) is 4. The van der Waals surface area contributed by atoms with Crippen LogP contribution < -0.4 is 5.32 Å². The molecule has 1 aliphatic rings. The van der Waals surface area contributed by atoms with Crippen LogP contribution in [0.15, 0.2) is 0 Å². The molecule has 0 aromatic heterocycles. The van der Waals surface area contributed by atoms with Crippen molar-refractivity contribution in [1.82, 2.24) is 10.2 Å². The summed E-state index contributed by atoms with van der Waals surface area (Å²) in [4.78, 5) is 13.7. The third-order valence-corrected chi connectivity index (χ3v) is 2.88. The first kappa shape index (κ1) is 11.5. The predicted octanol–water partition coefficient (Wildman–Crippen LogP) is 0.0892. The van der Waals surface area contributed by atoms with Crippen molar-refractivity contribution in [2.45, 2.75) is 18.9 Å². The Labute approximate surface area is 85.6 Å². The Bertz CT molecular complexity index is 195. The van der Waals surface area contributed by atoms with Crippen LogP contribution in [-0.2, 0) is 9.53 Å². The summed E-state index contributed by atoms with van der Waals surface area (Å²) >= 11 is 0. The summed E-state index contributed by atoms with van der Waals surface area (Å²) in [7, 11) is 5.51. The maximum atomic E-state index is 11.6. The van der Waals surface area contributed by atoms with Gasteiger partial charge in [0.05, 0.1) is 13.0 Å². The van der Waals surface area contributed by atoms with Gasteiger partial charge in [-0.05, 0) is 40.0 Å². The van der Waals surface area contributed by atoms with Crippen LogP contribution in [0.5, 0.6) is 0 Å². The summed E-state index contributed by atoms with van der Waals surface area (Å²) in [5.74, 6) is -0.0580. The molecule has 1 rings (SSSR count). The molecule has 0 radical (unpaired) electrons.